The van der Waals surface area contributed by atoms with Crippen LogP contribution in [0.5, 0.6) is 5.75 Å². The summed E-state index contributed by atoms with van der Waals surface area (Å²) < 4.78 is 34.8. The molecule has 0 unspecified atom stereocenters. The highest BCUT2D eigenvalue weighted by Crippen LogP contribution is 2.28. The number of amides is 1. The Bertz CT molecular complexity index is 981. The lowest BCUT2D eigenvalue weighted by atomic mass is 10.0. The van der Waals surface area contributed by atoms with Gasteiger partial charge < -0.3 is 20.1 Å². The molecule has 8 heteroatoms. The molecule has 2 aromatic rings. The highest BCUT2D eigenvalue weighted by Gasteiger charge is 2.15. The summed E-state index contributed by atoms with van der Waals surface area (Å²) in [5.41, 5.74) is 2.08. The molecule has 0 spiro atoms. The summed E-state index contributed by atoms with van der Waals surface area (Å²) in [6.07, 6.45) is 0.698. The van der Waals surface area contributed by atoms with E-state index in [-0.39, 0.29) is 11.5 Å². The van der Waals surface area contributed by atoms with E-state index in [1.807, 2.05) is 31.3 Å². The monoisotopic (exact) mass is 434 g/mol. The van der Waals surface area contributed by atoms with Crippen molar-refractivity contribution in [2.45, 2.75) is 37.8 Å². The molecule has 0 aliphatic carbocycles. The van der Waals surface area contributed by atoms with E-state index in [1.54, 1.807) is 39.0 Å². The molecule has 0 saturated carbocycles. The third-order valence-electron chi connectivity index (χ3n) is 3.98. The molecule has 1 amide bonds. The van der Waals surface area contributed by atoms with Gasteiger partial charge in [0.25, 0.3) is 0 Å². The Balaban J connectivity index is 2.14. The Hall–Kier alpha value is -2.58. The summed E-state index contributed by atoms with van der Waals surface area (Å²) in [5, 5.41) is 5.76. The molecule has 0 radical (unpaired) electrons. The zero-order valence-corrected chi connectivity index (χ0v) is 18.9. The molecule has 164 valence electrons. The first-order valence-corrected chi connectivity index (χ1v) is 11.6. The maximum absolute atomic E-state index is 11.9. The van der Waals surface area contributed by atoms with Gasteiger partial charge in [0.1, 0.15) is 18.0 Å². The Kier molecular flexibility index (Phi) is 7.86. The normalized spacial score (nSPS) is 11.8. The number of sulfone groups is 1. The van der Waals surface area contributed by atoms with E-state index in [2.05, 4.69) is 10.6 Å². The molecular weight excluding hydrogens is 404 g/mol. The molecule has 0 atom stereocenters. The third-order valence-corrected chi connectivity index (χ3v) is 5.09. The first kappa shape index (κ1) is 23.7. The van der Waals surface area contributed by atoms with Crippen LogP contribution in [0.2, 0.25) is 0 Å². The van der Waals surface area contributed by atoms with Crippen LogP contribution in [0.3, 0.4) is 0 Å². The molecule has 0 saturated heterocycles. The fourth-order valence-electron chi connectivity index (χ4n) is 2.76. The average molecular weight is 435 g/mol. The number of hydrogen-bond donors (Lipinski definition) is 2. The highest BCUT2D eigenvalue weighted by atomic mass is 32.2. The second kappa shape index (κ2) is 9.95. The molecular formula is C22H30N2O5S. The van der Waals surface area contributed by atoms with E-state index >= 15 is 0 Å². The number of carbonyl (C=O) groups is 1. The standard InChI is InChI=1S/C22H30N2O5S/c1-22(2,3)29-21(25)24-9-10-28-19-12-16(15-23-4)11-18(13-19)17-7-6-8-20(14-17)30(5,26)27/h6-8,11-14,23H,9-10,15H2,1-5H3,(H,24,25). The van der Waals surface area contributed by atoms with Crippen LogP contribution in [-0.4, -0.2) is 46.6 Å². The first-order valence-electron chi connectivity index (χ1n) is 9.66. The van der Waals surface area contributed by atoms with E-state index in [0.717, 1.165) is 16.7 Å². The zero-order valence-electron chi connectivity index (χ0n) is 18.1. The number of hydrogen-bond acceptors (Lipinski definition) is 6. The number of alkyl carbamates (subject to hydrolysis) is 1. The molecule has 7 nitrogen and oxygen atoms in total. The minimum absolute atomic E-state index is 0.267. The lowest BCUT2D eigenvalue weighted by Gasteiger charge is -2.19. The molecule has 0 bridgehead atoms. The van der Waals surface area contributed by atoms with Crippen LogP contribution in [0.4, 0.5) is 4.79 Å². The van der Waals surface area contributed by atoms with Crippen LogP contribution in [-0.2, 0) is 21.1 Å². The van der Waals surface area contributed by atoms with E-state index in [4.69, 9.17) is 9.47 Å². The second-order valence-corrected chi connectivity index (χ2v) is 9.99. The van der Waals surface area contributed by atoms with E-state index < -0.39 is 21.5 Å². The molecule has 2 rings (SSSR count). The predicted octanol–water partition coefficient (Wildman–Crippen LogP) is 3.38. The van der Waals surface area contributed by atoms with Crippen molar-refractivity contribution in [3.63, 3.8) is 0 Å². The van der Waals surface area contributed by atoms with E-state index in [0.29, 0.717) is 18.8 Å². The maximum atomic E-state index is 11.9. The molecule has 30 heavy (non-hydrogen) atoms. The summed E-state index contributed by atoms with van der Waals surface area (Å²) >= 11 is 0. The molecule has 2 N–H and O–H groups in total. The number of carbonyl (C=O) groups excluding carboxylic acids is 1. The molecule has 0 heterocycles. The van der Waals surface area contributed by atoms with Crippen molar-refractivity contribution in [2.24, 2.45) is 0 Å². The van der Waals surface area contributed by atoms with E-state index in [9.17, 15) is 13.2 Å². The van der Waals surface area contributed by atoms with Gasteiger partial charge in [0.15, 0.2) is 9.84 Å². The summed E-state index contributed by atoms with van der Waals surface area (Å²) in [5.74, 6) is 0.633. The largest absolute Gasteiger partial charge is 0.492 e. The van der Waals surface area contributed by atoms with Gasteiger partial charge in [-0.2, -0.15) is 0 Å². The molecule has 0 fully saturated rings. The van der Waals surface area contributed by atoms with Crippen molar-refractivity contribution < 1.29 is 22.7 Å². The van der Waals surface area contributed by atoms with Gasteiger partial charge in [0.2, 0.25) is 0 Å². The SMILES string of the molecule is CNCc1cc(OCCNC(=O)OC(C)(C)C)cc(-c2cccc(S(C)(=O)=O)c2)c1. The van der Waals surface area contributed by atoms with Crippen molar-refractivity contribution in [3.8, 4) is 16.9 Å². The van der Waals surface area contributed by atoms with Crippen LogP contribution in [0.1, 0.15) is 26.3 Å². The fourth-order valence-corrected chi connectivity index (χ4v) is 3.43. The zero-order chi connectivity index (χ0) is 22.4. The van der Waals surface area contributed by atoms with Gasteiger partial charge in [0.05, 0.1) is 11.4 Å². The predicted molar refractivity (Wildman–Crippen MR) is 117 cm³/mol. The van der Waals surface area contributed by atoms with E-state index in [1.165, 1.54) is 6.26 Å². The molecule has 0 aliphatic heterocycles. The van der Waals surface area contributed by atoms with Crippen molar-refractivity contribution in [2.75, 3.05) is 26.5 Å². The second-order valence-electron chi connectivity index (χ2n) is 7.97. The smallest absolute Gasteiger partial charge is 0.407 e. The van der Waals surface area contributed by atoms with Crippen molar-refractivity contribution in [1.29, 1.82) is 0 Å². The summed E-state index contributed by atoms with van der Waals surface area (Å²) in [4.78, 5) is 12.0. The molecule has 0 aromatic heterocycles. The Labute approximate surface area is 178 Å². The lowest BCUT2D eigenvalue weighted by molar-refractivity contribution is 0.0520. The third kappa shape index (κ3) is 7.68. The van der Waals surface area contributed by atoms with Gasteiger partial charge in [-0.1, -0.05) is 12.1 Å². The lowest BCUT2D eigenvalue weighted by Crippen LogP contribution is -2.34. The van der Waals surface area contributed by atoms with Gasteiger partial charge in [-0.3, -0.25) is 0 Å². The Morgan fingerprint density at radius 3 is 2.43 bits per heavy atom. The van der Waals surface area contributed by atoms with Gasteiger partial charge >= 0.3 is 6.09 Å². The highest BCUT2D eigenvalue weighted by molar-refractivity contribution is 7.90. The van der Waals surface area contributed by atoms with Crippen LogP contribution < -0.4 is 15.4 Å². The number of ether oxygens (including phenoxy) is 2. The van der Waals surface area contributed by atoms with Crippen molar-refractivity contribution in [3.05, 3.63) is 48.0 Å². The van der Waals surface area contributed by atoms with Gasteiger partial charge in [-0.25, -0.2) is 13.2 Å². The maximum Gasteiger partial charge on any atom is 0.407 e. The minimum Gasteiger partial charge on any atom is -0.492 e. The van der Waals surface area contributed by atoms with Crippen molar-refractivity contribution >= 4 is 15.9 Å². The molecule has 2 aromatic carbocycles. The summed E-state index contributed by atoms with van der Waals surface area (Å²) in [7, 11) is -1.45. The minimum atomic E-state index is -3.30. The van der Waals surface area contributed by atoms with Gasteiger partial charge in [-0.15, -0.1) is 0 Å². The van der Waals surface area contributed by atoms with Gasteiger partial charge in [-0.05, 0) is 74.8 Å². The van der Waals surface area contributed by atoms with Gasteiger partial charge in [0, 0.05) is 12.8 Å². The van der Waals surface area contributed by atoms with Crippen LogP contribution >= 0.6 is 0 Å². The van der Waals surface area contributed by atoms with Crippen LogP contribution in [0, 0.1) is 0 Å². The van der Waals surface area contributed by atoms with Crippen LogP contribution in [0.15, 0.2) is 47.4 Å². The quantitative estimate of drug-likeness (QED) is 0.619. The Morgan fingerprint density at radius 2 is 1.80 bits per heavy atom. The van der Waals surface area contributed by atoms with Crippen molar-refractivity contribution in [1.82, 2.24) is 10.6 Å². The first-order chi connectivity index (χ1) is 14.0. The summed E-state index contributed by atoms with van der Waals surface area (Å²) in [6, 6.07) is 12.6. The average Bonchev–Trinajstić information content (AvgIpc) is 2.63. The number of rotatable bonds is 8. The van der Waals surface area contributed by atoms with Crippen LogP contribution in [0.25, 0.3) is 11.1 Å². The topological polar surface area (TPSA) is 93.7 Å². The number of nitrogens with one attached hydrogen (secondary N) is 2. The summed E-state index contributed by atoms with van der Waals surface area (Å²) in [6.45, 7) is 6.60. The Morgan fingerprint density at radius 1 is 1.07 bits per heavy atom. The fraction of sp³-hybridized carbons (Fsp3) is 0.409. The number of benzene rings is 2. The molecule has 0 aliphatic rings.